The van der Waals surface area contributed by atoms with Crippen LogP contribution in [0.25, 0.3) is 5.65 Å². The highest BCUT2D eigenvalue weighted by atomic mass is 16.2. The molecular weight excluding hydrogens is 332 g/mol. The number of rotatable bonds is 6. The molecule has 3 aromatic rings. The Bertz CT molecular complexity index is 880. The van der Waals surface area contributed by atoms with Crippen molar-refractivity contribution in [3.8, 4) is 0 Å². The van der Waals surface area contributed by atoms with Crippen molar-refractivity contribution >= 4 is 11.6 Å². The minimum Gasteiger partial charge on any atom is -0.346 e. The monoisotopic (exact) mass is 354 g/mol. The van der Waals surface area contributed by atoms with Crippen LogP contribution in [0.1, 0.15) is 41.7 Å². The largest absolute Gasteiger partial charge is 0.346 e. The van der Waals surface area contributed by atoms with E-state index < -0.39 is 0 Å². The lowest BCUT2D eigenvalue weighted by molar-refractivity contribution is 0.0946. The Morgan fingerprint density at radius 1 is 1.38 bits per heavy atom. The second-order valence-electron chi connectivity index (χ2n) is 6.54. The van der Waals surface area contributed by atoms with Gasteiger partial charge in [0, 0.05) is 37.1 Å². The molecule has 1 aliphatic heterocycles. The van der Waals surface area contributed by atoms with E-state index in [1.807, 2.05) is 12.3 Å². The fraction of sp³-hybridized carbons (Fsp3) is 0.471. The van der Waals surface area contributed by atoms with Crippen LogP contribution >= 0.6 is 0 Å². The van der Waals surface area contributed by atoms with E-state index in [0.29, 0.717) is 18.3 Å². The van der Waals surface area contributed by atoms with Crippen molar-refractivity contribution < 1.29 is 4.79 Å². The molecule has 3 aromatic heterocycles. The molecule has 0 bridgehead atoms. The molecule has 1 aliphatic rings. The number of carbonyl (C=O) groups is 1. The average molecular weight is 354 g/mol. The maximum Gasteiger partial charge on any atom is 0.273 e. The van der Waals surface area contributed by atoms with Crippen LogP contribution in [0.2, 0.25) is 0 Å². The van der Waals surface area contributed by atoms with Crippen LogP contribution in [0.15, 0.2) is 30.9 Å². The Morgan fingerprint density at radius 2 is 2.35 bits per heavy atom. The first-order chi connectivity index (χ1) is 12.8. The first-order valence-corrected chi connectivity index (χ1v) is 8.98. The van der Waals surface area contributed by atoms with Gasteiger partial charge >= 0.3 is 0 Å². The van der Waals surface area contributed by atoms with Gasteiger partial charge in [-0.1, -0.05) is 11.6 Å². The smallest absolute Gasteiger partial charge is 0.273 e. The van der Waals surface area contributed by atoms with E-state index in [-0.39, 0.29) is 5.91 Å². The van der Waals surface area contributed by atoms with E-state index in [0.717, 1.165) is 30.7 Å². The molecule has 4 heterocycles. The number of aromatic nitrogens is 6. The minimum atomic E-state index is -0.248. The number of hydrogen-bond donors (Lipinski definition) is 2. The summed E-state index contributed by atoms with van der Waals surface area (Å²) in [4.78, 5) is 16.6. The van der Waals surface area contributed by atoms with Crippen molar-refractivity contribution in [2.24, 2.45) is 0 Å². The van der Waals surface area contributed by atoms with Crippen LogP contribution in [-0.4, -0.2) is 48.1 Å². The van der Waals surface area contributed by atoms with Gasteiger partial charge in [0.05, 0.1) is 12.4 Å². The van der Waals surface area contributed by atoms with E-state index in [4.69, 9.17) is 0 Å². The lowest BCUT2D eigenvalue weighted by Gasteiger charge is -2.23. The Kier molecular flexibility index (Phi) is 4.87. The van der Waals surface area contributed by atoms with Crippen molar-refractivity contribution in [2.45, 2.75) is 44.8 Å². The van der Waals surface area contributed by atoms with Crippen molar-refractivity contribution in [3.05, 3.63) is 42.1 Å². The number of amides is 1. The molecule has 136 valence electrons. The highest BCUT2D eigenvalue weighted by Gasteiger charge is 2.15. The maximum absolute atomic E-state index is 12.3. The Labute approximate surface area is 150 Å². The van der Waals surface area contributed by atoms with E-state index in [1.165, 1.54) is 19.3 Å². The molecule has 0 aromatic carbocycles. The van der Waals surface area contributed by atoms with Crippen LogP contribution in [0.5, 0.6) is 0 Å². The molecular formula is C17H22N8O. The van der Waals surface area contributed by atoms with Crippen molar-refractivity contribution in [1.29, 1.82) is 0 Å². The third-order valence-electron chi connectivity index (χ3n) is 4.68. The van der Waals surface area contributed by atoms with Gasteiger partial charge in [0.15, 0.2) is 11.3 Å². The zero-order chi connectivity index (χ0) is 17.8. The van der Waals surface area contributed by atoms with Gasteiger partial charge in [-0.25, -0.2) is 9.50 Å². The van der Waals surface area contributed by atoms with Crippen molar-refractivity contribution in [3.63, 3.8) is 0 Å². The van der Waals surface area contributed by atoms with Gasteiger partial charge in [0.25, 0.3) is 5.91 Å². The van der Waals surface area contributed by atoms with Crippen molar-refractivity contribution in [2.75, 3.05) is 6.54 Å². The van der Waals surface area contributed by atoms with Crippen LogP contribution < -0.4 is 10.6 Å². The summed E-state index contributed by atoms with van der Waals surface area (Å²) in [5.41, 5.74) is 1.91. The van der Waals surface area contributed by atoms with Crippen LogP contribution in [-0.2, 0) is 13.1 Å². The summed E-state index contributed by atoms with van der Waals surface area (Å²) in [6.07, 6.45) is 11.7. The van der Waals surface area contributed by atoms with Gasteiger partial charge in [-0.15, -0.1) is 5.10 Å². The summed E-state index contributed by atoms with van der Waals surface area (Å²) in [6, 6.07) is 2.34. The zero-order valence-corrected chi connectivity index (χ0v) is 14.5. The normalized spacial score (nSPS) is 17.5. The van der Waals surface area contributed by atoms with Crippen LogP contribution in [0, 0.1) is 0 Å². The van der Waals surface area contributed by atoms with E-state index in [1.54, 1.807) is 27.8 Å². The lowest BCUT2D eigenvalue weighted by atomic mass is 10.0. The Morgan fingerprint density at radius 3 is 3.23 bits per heavy atom. The molecule has 0 radical (unpaired) electrons. The third kappa shape index (κ3) is 3.72. The molecule has 9 nitrogen and oxygen atoms in total. The molecule has 1 atom stereocenters. The highest BCUT2D eigenvalue weighted by Crippen LogP contribution is 2.11. The van der Waals surface area contributed by atoms with Gasteiger partial charge in [0.1, 0.15) is 0 Å². The van der Waals surface area contributed by atoms with Crippen molar-refractivity contribution in [1.82, 2.24) is 40.2 Å². The summed E-state index contributed by atoms with van der Waals surface area (Å²) in [5.74, 6) is -0.248. The van der Waals surface area contributed by atoms with Gasteiger partial charge in [0.2, 0.25) is 0 Å². The number of fused-ring (bicyclic) bond motifs is 1. The van der Waals surface area contributed by atoms with Gasteiger partial charge in [-0.2, -0.15) is 5.10 Å². The number of carbonyl (C=O) groups excluding carboxylic acids is 1. The zero-order valence-electron chi connectivity index (χ0n) is 14.5. The molecule has 1 amide bonds. The molecule has 0 saturated carbocycles. The van der Waals surface area contributed by atoms with Gasteiger partial charge < -0.3 is 10.6 Å². The molecule has 1 fully saturated rings. The van der Waals surface area contributed by atoms with Crippen LogP contribution in [0.3, 0.4) is 0 Å². The van der Waals surface area contributed by atoms with Gasteiger partial charge in [-0.3, -0.25) is 9.48 Å². The number of nitrogens with zero attached hydrogens (tertiary/aromatic N) is 6. The summed E-state index contributed by atoms with van der Waals surface area (Å²) >= 11 is 0. The maximum atomic E-state index is 12.3. The van der Waals surface area contributed by atoms with E-state index in [2.05, 4.69) is 31.0 Å². The topological polar surface area (TPSA) is 102 Å². The fourth-order valence-electron chi connectivity index (χ4n) is 3.24. The Hall–Kier alpha value is -2.81. The number of aryl methyl sites for hydroxylation is 1. The SMILES string of the molecule is O=C(NCc1cnn2cccnc12)c1cn(CCC2CCCCN2)nn1. The lowest BCUT2D eigenvalue weighted by Crippen LogP contribution is -2.34. The first-order valence-electron chi connectivity index (χ1n) is 8.98. The standard InChI is InChI=1S/C17H22N8O/c26-17(20-10-13-11-21-25-8-3-7-19-16(13)25)15-12-24(23-22-15)9-5-14-4-1-2-6-18-14/h3,7-8,11-12,14,18H,1-2,4-6,9-10H2,(H,20,26). The molecule has 4 rings (SSSR count). The van der Waals surface area contributed by atoms with E-state index in [9.17, 15) is 4.79 Å². The Balaban J connectivity index is 1.31. The molecule has 9 heteroatoms. The summed E-state index contributed by atoms with van der Waals surface area (Å²) in [5, 5.41) is 18.6. The fourth-order valence-corrected chi connectivity index (χ4v) is 3.24. The number of nitrogens with one attached hydrogen (secondary N) is 2. The second-order valence-corrected chi connectivity index (χ2v) is 6.54. The number of piperidine rings is 1. The summed E-state index contributed by atoms with van der Waals surface area (Å²) in [6.45, 7) is 2.20. The molecule has 0 spiro atoms. The molecule has 26 heavy (non-hydrogen) atoms. The quantitative estimate of drug-likeness (QED) is 0.678. The average Bonchev–Trinajstić information content (AvgIpc) is 3.32. The molecule has 0 aliphatic carbocycles. The molecule has 1 saturated heterocycles. The van der Waals surface area contributed by atoms with Gasteiger partial charge in [-0.05, 0) is 31.9 Å². The summed E-state index contributed by atoms with van der Waals surface area (Å²) in [7, 11) is 0. The number of hydrogen-bond acceptors (Lipinski definition) is 6. The first kappa shape index (κ1) is 16.6. The predicted molar refractivity (Wildman–Crippen MR) is 94.4 cm³/mol. The third-order valence-corrected chi connectivity index (χ3v) is 4.68. The highest BCUT2D eigenvalue weighted by molar-refractivity contribution is 5.91. The second kappa shape index (κ2) is 7.61. The van der Waals surface area contributed by atoms with Crippen LogP contribution in [0.4, 0.5) is 0 Å². The predicted octanol–water partition coefficient (Wildman–Crippen LogP) is 0.783. The summed E-state index contributed by atoms with van der Waals surface area (Å²) < 4.78 is 3.42. The molecule has 1 unspecified atom stereocenters. The molecule has 2 N–H and O–H groups in total. The minimum absolute atomic E-state index is 0.248. The van der Waals surface area contributed by atoms with E-state index >= 15 is 0 Å².